The number of hydrogen-bond acceptors (Lipinski definition) is 2. The maximum atomic E-state index is 4.34. The molecule has 0 aliphatic heterocycles. The highest BCUT2D eigenvalue weighted by Crippen LogP contribution is 2.18. The van der Waals surface area contributed by atoms with Gasteiger partial charge < -0.3 is 0 Å². The zero-order chi connectivity index (χ0) is 12.2. The number of H-pyrrole nitrogens is 1. The number of hydrogen-bond donors (Lipinski definition) is 1. The molecule has 3 heteroatoms. The van der Waals surface area contributed by atoms with Gasteiger partial charge in [-0.25, -0.2) is 0 Å². The van der Waals surface area contributed by atoms with Crippen molar-refractivity contribution >= 4 is 0 Å². The van der Waals surface area contributed by atoms with Gasteiger partial charge in [-0.05, 0) is 17.7 Å². The molecule has 0 saturated carbocycles. The van der Waals surface area contributed by atoms with E-state index in [9.17, 15) is 0 Å². The Morgan fingerprint density at radius 2 is 1.89 bits per heavy atom. The fourth-order valence-corrected chi connectivity index (χ4v) is 1.93. The van der Waals surface area contributed by atoms with Gasteiger partial charge in [0.1, 0.15) is 0 Å². The first-order valence-electron chi connectivity index (χ1n) is 5.90. The molecule has 0 amide bonds. The van der Waals surface area contributed by atoms with Crippen LogP contribution in [-0.2, 0) is 6.42 Å². The predicted octanol–water partition coefficient (Wildman–Crippen LogP) is 3.06. The normalized spacial score (nSPS) is 10.4. The van der Waals surface area contributed by atoms with Gasteiger partial charge in [-0.3, -0.25) is 10.1 Å². The van der Waals surface area contributed by atoms with Gasteiger partial charge in [0.05, 0.1) is 5.69 Å². The quantitative estimate of drug-likeness (QED) is 0.758. The van der Waals surface area contributed by atoms with Crippen LogP contribution in [0.15, 0.2) is 60.9 Å². The molecule has 18 heavy (non-hydrogen) atoms. The molecule has 0 radical (unpaired) electrons. The molecule has 0 aliphatic rings. The molecule has 0 atom stereocenters. The zero-order valence-electron chi connectivity index (χ0n) is 9.88. The van der Waals surface area contributed by atoms with Gasteiger partial charge in [-0.2, -0.15) is 5.10 Å². The summed E-state index contributed by atoms with van der Waals surface area (Å²) in [5, 5.41) is 7.41. The summed E-state index contributed by atoms with van der Waals surface area (Å²) in [5.74, 6) is 0. The molecule has 3 rings (SSSR count). The SMILES string of the molecule is c1ccc(-c2cc(Cc3cccnc3)[nH]n2)cc1. The van der Waals surface area contributed by atoms with Crippen molar-refractivity contribution in [1.82, 2.24) is 15.2 Å². The minimum atomic E-state index is 0.827. The summed E-state index contributed by atoms with van der Waals surface area (Å²) in [6, 6.07) is 16.3. The van der Waals surface area contributed by atoms with Crippen LogP contribution in [0.5, 0.6) is 0 Å². The summed E-state index contributed by atoms with van der Waals surface area (Å²) < 4.78 is 0. The standard InChI is InChI=1S/C15H13N3/c1-2-6-13(7-3-1)15-10-14(17-18-15)9-12-5-4-8-16-11-12/h1-8,10-11H,9H2,(H,17,18). The smallest absolute Gasteiger partial charge is 0.0923 e. The lowest BCUT2D eigenvalue weighted by Crippen LogP contribution is -1.88. The Balaban J connectivity index is 1.82. The van der Waals surface area contributed by atoms with Gasteiger partial charge in [-0.15, -0.1) is 0 Å². The van der Waals surface area contributed by atoms with Crippen molar-refractivity contribution in [2.24, 2.45) is 0 Å². The number of aromatic nitrogens is 3. The van der Waals surface area contributed by atoms with Gasteiger partial charge in [0, 0.05) is 30.1 Å². The summed E-state index contributed by atoms with van der Waals surface area (Å²) in [7, 11) is 0. The highest BCUT2D eigenvalue weighted by Gasteiger charge is 2.04. The van der Waals surface area contributed by atoms with E-state index in [1.807, 2.05) is 30.5 Å². The van der Waals surface area contributed by atoms with E-state index in [0.29, 0.717) is 0 Å². The zero-order valence-corrected chi connectivity index (χ0v) is 9.88. The summed E-state index contributed by atoms with van der Waals surface area (Å²) in [5.41, 5.74) is 4.39. The van der Waals surface area contributed by atoms with Crippen LogP contribution in [-0.4, -0.2) is 15.2 Å². The van der Waals surface area contributed by atoms with E-state index in [1.54, 1.807) is 6.20 Å². The lowest BCUT2D eigenvalue weighted by Gasteiger charge is -1.96. The van der Waals surface area contributed by atoms with Crippen LogP contribution >= 0.6 is 0 Å². The van der Waals surface area contributed by atoms with E-state index in [1.165, 1.54) is 5.56 Å². The Hall–Kier alpha value is -2.42. The Morgan fingerprint density at radius 3 is 2.67 bits per heavy atom. The molecule has 0 fully saturated rings. The highest BCUT2D eigenvalue weighted by atomic mass is 15.1. The molecule has 0 bridgehead atoms. The number of nitrogens with one attached hydrogen (secondary N) is 1. The van der Waals surface area contributed by atoms with Crippen LogP contribution in [0.3, 0.4) is 0 Å². The van der Waals surface area contributed by atoms with Gasteiger partial charge in [0.25, 0.3) is 0 Å². The average molecular weight is 235 g/mol. The van der Waals surface area contributed by atoms with E-state index < -0.39 is 0 Å². The summed E-state index contributed by atoms with van der Waals surface area (Å²) in [6.07, 6.45) is 4.49. The molecule has 2 aromatic heterocycles. The van der Waals surface area contributed by atoms with Crippen LogP contribution in [0.25, 0.3) is 11.3 Å². The maximum absolute atomic E-state index is 4.34. The van der Waals surface area contributed by atoms with E-state index in [4.69, 9.17) is 0 Å². The van der Waals surface area contributed by atoms with Crippen molar-refractivity contribution in [3.63, 3.8) is 0 Å². The molecule has 0 spiro atoms. The Labute approximate surface area is 106 Å². The molecule has 0 saturated heterocycles. The predicted molar refractivity (Wildman–Crippen MR) is 71.1 cm³/mol. The second-order valence-corrected chi connectivity index (χ2v) is 4.18. The minimum Gasteiger partial charge on any atom is -0.282 e. The third-order valence-electron chi connectivity index (χ3n) is 2.82. The first-order valence-corrected chi connectivity index (χ1v) is 5.90. The number of benzene rings is 1. The van der Waals surface area contributed by atoms with Crippen molar-refractivity contribution in [2.75, 3.05) is 0 Å². The first kappa shape index (κ1) is 10.7. The number of rotatable bonds is 3. The molecular weight excluding hydrogens is 222 g/mol. The van der Waals surface area contributed by atoms with Crippen LogP contribution in [0, 0.1) is 0 Å². The fraction of sp³-hybridized carbons (Fsp3) is 0.0667. The van der Waals surface area contributed by atoms with Crippen LogP contribution in [0.2, 0.25) is 0 Å². The summed E-state index contributed by atoms with van der Waals surface area (Å²) in [6.45, 7) is 0. The number of aromatic amines is 1. The van der Waals surface area contributed by atoms with E-state index >= 15 is 0 Å². The van der Waals surface area contributed by atoms with Crippen molar-refractivity contribution < 1.29 is 0 Å². The second kappa shape index (κ2) is 4.84. The number of nitrogens with zero attached hydrogens (tertiary/aromatic N) is 2. The molecule has 88 valence electrons. The largest absolute Gasteiger partial charge is 0.282 e. The monoisotopic (exact) mass is 235 g/mol. The fourth-order valence-electron chi connectivity index (χ4n) is 1.93. The lowest BCUT2D eigenvalue weighted by atomic mass is 10.1. The third-order valence-corrected chi connectivity index (χ3v) is 2.82. The Morgan fingerprint density at radius 1 is 1.00 bits per heavy atom. The third kappa shape index (κ3) is 2.30. The maximum Gasteiger partial charge on any atom is 0.0923 e. The topological polar surface area (TPSA) is 41.6 Å². The number of pyridine rings is 1. The van der Waals surface area contributed by atoms with Crippen LogP contribution in [0.1, 0.15) is 11.3 Å². The van der Waals surface area contributed by atoms with Crippen LogP contribution < -0.4 is 0 Å². The van der Waals surface area contributed by atoms with Crippen molar-refractivity contribution in [1.29, 1.82) is 0 Å². The van der Waals surface area contributed by atoms with Gasteiger partial charge >= 0.3 is 0 Å². The van der Waals surface area contributed by atoms with Gasteiger partial charge in [-0.1, -0.05) is 36.4 Å². The molecule has 1 N–H and O–H groups in total. The minimum absolute atomic E-state index is 0.827. The molecule has 2 heterocycles. The second-order valence-electron chi connectivity index (χ2n) is 4.18. The molecule has 3 nitrogen and oxygen atoms in total. The highest BCUT2D eigenvalue weighted by molar-refractivity contribution is 5.59. The van der Waals surface area contributed by atoms with E-state index in [-0.39, 0.29) is 0 Å². The van der Waals surface area contributed by atoms with Gasteiger partial charge in [0.15, 0.2) is 0 Å². The van der Waals surface area contributed by atoms with Crippen LogP contribution in [0.4, 0.5) is 0 Å². The summed E-state index contributed by atoms with van der Waals surface area (Å²) in [4.78, 5) is 4.11. The first-order chi connectivity index (χ1) is 8.92. The lowest BCUT2D eigenvalue weighted by molar-refractivity contribution is 0.992. The van der Waals surface area contributed by atoms with E-state index in [2.05, 4.69) is 39.4 Å². The molecule has 1 aromatic carbocycles. The molecule has 0 aliphatic carbocycles. The molecular formula is C15H13N3. The van der Waals surface area contributed by atoms with Crippen molar-refractivity contribution in [3.05, 3.63) is 72.2 Å². The van der Waals surface area contributed by atoms with Crippen molar-refractivity contribution in [2.45, 2.75) is 6.42 Å². The molecule has 3 aromatic rings. The van der Waals surface area contributed by atoms with Gasteiger partial charge in [0.2, 0.25) is 0 Å². The summed E-state index contributed by atoms with van der Waals surface area (Å²) >= 11 is 0. The average Bonchev–Trinajstić information content (AvgIpc) is 2.89. The van der Waals surface area contributed by atoms with Crippen molar-refractivity contribution in [3.8, 4) is 11.3 Å². The van der Waals surface area contributed by atoms with E-state index in [0.717, 1.165) is 23.4 Å². The Kier molecular flexibility index (Phi) is 2.88. The molecule has 0 unspecified atom stereocenters. The Bertz CT molecular complexity index is 615.